The average Bonchev–Trinajstić information content (AvgIpc) is 3.13. The monoisotopic (exact) mass is 439 g/mol. The lowest BCUT2D eigenvalue weighted by Crippen LogP contribution is -2.34. The molecular formula is C22H21N3O5S. The number of carbonyl (C=O) groups excluding carboxylic acids is 2. The number of fused-ring (bicyclic) bond motifs is 1. The Hall–Kier alpha value is -3.59. The minimum absolute atomic E-state index is 0.196. The van der Waals surface area contributed by atoms with Crippen LogP contribution < -0.4 is 24.8 Å². The second-order valence-corrected chi connectivity index (χ2v) is 8.08. The van der Waals surface area contributed by atoms with E-state index < -0.39 is 6.10 Å². The van der Waals surface area contributed by atoms with Crippen molar-refractivity contribution in [1.82, 2.24) is 4.98 Å². The normalized spacial score (nSPS) is 14.8. The van der Waals surface area contributed by atoms with E-state index in [1.54, 1.807) is 31.2 Å². The highest BCUT2D eigenvalue weighted by Gasteiger charge is 2.25. The molecule has 0 aliphatic carbocycles. The molecule has 0 fully saturated rings. The predicted molar refractivity (Wildman–Crippen MR) is 119 cm³/mol. The van der Waals surface area contributed by atoms with Crippen molar-refractivity contribution in [2.45, 2.75) is 20.0 Å². The summed E-state index contributed by atoms with van der Waals surface area (Å²) in [5.41, 5.74) is 2.41. The second kappa shape index (κ2) is 8.27. The van der Waals surface area contributed by atoms with Crippen LogP contribution in [0, 0.1) is 6.92 Å². The number of benzene rings is 2. The molecule has 0 bridgehead atoms. The maximum atomic E-state index is 12.9. The summed E-state index contributed by atoms with van der Waals surface area (Å²) in [6.45, 7) is 3.62. The van der Waals surface area contributed by atoms with Gasteiger partial charge in [0.15, 0.2) is 11.2 Å². The van der Waals surface area contributed by atoms with E-state index in [0.717, 1.165) is 10.4 Å². The van der Waals surface area contributed by atoms with Crippen LogP contribution >= 0.6 is 11.3 Å². The number of aryl methyl sites for hydroxylation is 1. The quantitative estimate of drug-likeness (QED) is 0.621. The van der Waals surface area contributed by atoms with Gasteiger partial charge in [-0.25, -0.2) is 4.98 Å². The van der Waals surface area contributed by atoms with E-state index in [4.69, 9.17) is 14.2 Å². The summed E-state index contributed by atoms with van der Waals surface area (Å²) in [7, 11) is 2.99. The van der Waals surface area contributed by atoms with Gasteiger partial charge in [-0.15, -0.1) is 11.3 Å². The van der Waals surface area contributed by atoms with Gasteiger partial charge in [0.1, 0.15) is 22.8 Å². The molecule has 31 heavy (non-hydrogen) atoms. The van der Waals surface area contributed by atoms with Crippen LogP contribution in [0.1, 0.15) is 22.2 Å². The molecule has 4 rings (SSSR count). The number of hydrogen-bond donors (Lipinski definition) is 2. The van der Waals surface area contributed by atoms with Crippen LogP contribution in [0.5, 0.6) is 17.2 Å². The van der Waals surface area contributed by atoms with Gasteiger partial charge in [0.25, 0.3) is 11.8 Å². The first kappa shape index (κ1) is 20.7. The number of anilines is 2. The molecule has 2 amide bonds. The topological polar surface area (TPSA) is 98.8 Å². The molecule has 1 aliphatic rings. The van der Waals surface area contributed by atoms with E-state index in [2.05, 4.69) is 15.6 Å². The molecule has 0 unspecified atom stereocenters. The Labute approximate surface area is 183 Å². The van der Waals surface area contributed by atoms with Crippen LogP contribution in [0.3, 0.4) is 0 Å². The first-order valence-electron chi connectivity index (χ1n) is 9.53. The Morgan fingerprint density at radius 1 is 1.19 bits per heavy atom. The molecule has 1 aromatic heterocycles. The molecule has 1 atom stereocenters. The maximum absolute atomic E-state index is 12.9. The molecule has 8 nitrogen and oxygen atoms in total. The summed E-state index contributed by atoms with van der Waals surface area (Å²) in [5.74, 6) is 0.851. The largest absolute Gasteiger partial charge is 0.496 e. The smallest absolute Gasteiger partial charge is 0.265 e. The lowest BCUT2D eigenvalue weighted by Gasteiger charge is -2.23. The van der Waals surface area contributed by atoms with Gasteiger partial charge in [-0.3, -0.25) is 14.9 Å². The average molecular weight is 439 g/mol. The Morgan fingerprint density at radius 3 is 2.58 bits per heavy atom. The van der Waals surface area contributed by atoms with Crippen molar-refractivity contribution in [2.24, 2.45) is 0 Å². The zero-order chi connectivity index (χ0) is 22.1. The molecule has 160 valence electrons. The summed E-state index contributed by atoms with van der Waals surface area (Å²) < 4.78 is 16.2. The number of hydrogen-bond acceptors (Lipinski definition) is 7. The maximum Gasteiger partial charge on any atom is 0.265 e. The summed E-state index contributed by atoms with van der Waals surface area (Å²) in [6.07, 6.45) is -0.534. The molecule has 0 saturated carbocycles. The highest BCUT2D eigenvalue weighted by Crippen LogP contribution is 2.37. The van der Waals surface area contributed by atoms with Crippen LogP contribution in [-0.2, 0) is 4.79 Å². The molecule has 3 aromatic rings. The minimum Gasteiger partial charge on any atom is -0.496 e. The lowest BCUT2D eigenvalue weighted by molar-refractivity contribution is -0.122. The van der Waals surface area contributed by atoms with Gasteiger partial charge in [-0.2, -0.15) is 0 Å². The van der Waals surface area contributed by atoms with Crippen LogP contribution in [0.25, 0.3) is 11.3 Å². The van der Waals surface area contributed by atoms with E-state index in [0.29, 0.717) is 39.3 Å². The molecule has 0 radical (unpaired) electrons. The molecule has 2 heterocycles. The third-order valence-corrected chi connectivity index (χ3v) is 5.74. The van der Waals surface area contributed by atoms with Gasteiger partial charge in [-0.05, 0) is 44.2 Å². The van der Waals surface area contributed by atoms with Crippen LogP contribution in [0.4, 0.5) is 10.8 Å². The van der Waals surface area contributed by atoms with E-state index in [-0.39, 0.29) is 11.8 Å². The van der Waals surface area contributed by atoms with Gasteiger partial charge < -0.3 is 19.5 Å². The van der Waals surface area contributed by atoms with Gasteiger partial charge in [0.2, 0.25) is 0 Å². The second-order valence-electron chi connectivity index (χ2n) is 6.88. The molecule has 2 aromatic carbocycles. The Kier molecular flexibility index (Phi) is 5.51. The third-order valence-electron chi connectivity index (χ3n) is 4.86. The number of amides is 2. The molecule has 1 aliphatic heterocycles. The van der Waals surface area contributed by atoms with Gasteiger partial charge in [0, 0.05) is 10.4 Å². The first-order chi connectivity index (χ1) is 14.9. The van der Waals surface area contributed by atoms with Crippen LogP contribution in [0.15, 0.2) is 36.4 Å². The first-order valence-corrected chi connectivity index (χ1v) is 10.3. The molecule has 0 spiro atoms. The summed E-state index contributed by atoms with van der Waals surface area (Å²) in [4.78, 5) is 30.3. The van der Waals surface area contributed by atoms with Crippen molar-refractivity contribution in [3.05, 3.63) is 46.8 Å². The standard InChI is InChI=1S/C22H21N3O5S/c1-11-20(26)23-14-10-13(8-9-15(14)30-11)19-12(2)31-22(24-19)25-21(27)18-16(28-3)6-5-7-17(18)29-4/h5-11H,1-4H3,(H,23,26)(H,24,25,27)/t11-/m0/s1. The highest BCUT2D eigenvalue weighted by atomic mass is 32.1. The number of nitrogens with zero attached hydrogens (tertiary/aromatic N) is 1. The lowest BCUT2D eigenvalue weighted by atomic mass is 10.1. The molecule has 0 saturated heterocycles. The van der Waals surface area contributed by atoms with Gasteiger partial charge >= 0.3 is 0 Å². The van der Waals surface area contributed by atoms with Crippen LogP contribution in [-0.4, -0.2) is 37.1 Å². The van der Waals surface area contributed by atoms with E-state index in [1.807, 2.05) is 19.1 Å². The van der Waals surface area contributed by atoms with Gasteiger partial charge in [0.05, 0.1) is 25.6 Å². The predicted octanol–water partition coefficient (Wildman–Crippen LogP) is 4.11. The third kappa shape index (κ3) is 3.91. The fourth-order valence-electron chi connectivity index (χ4n) is 3.31. The number of ether oxygens (including phenoxy) is 3. The van der Waals surface area contributed by atoms with E-state index in [1.165, 1.54) is 25.6 Å². The number of methoxy groups -OCH3 is 2. The SMILES string of the molecule is COc1cccc(OC)c1C(=O)Nc1nc(-c2ccc3c(c2)NC(=O)[C@H](C)O3)c(C)s1. The van der Waals surface area contributed by atoms with Gasteiger partial charge in [-0.1, -0.05) is 6.07 Å². The van der Waals surface area contributed by atoms with Crippen molar-refractivity contribution in [1.29, 1.82) is 0 Å². The summed E-state index contributed by atoms with van der Waals surface area (Å²) >= 11 is 1.35. The van der Waals surface area contributed by atoms with Crippen molar-refractivity contribution >= 4 is 34.0 Å². The number of aromatic nitrogens is 1. The summed E-state index contributed by atoms with van der Waals surface area (Å²) in [6, 6.07) is 10.6. The Bertz CT molecular complexity index is 1150. The number of thiazole rings is 1. The number of rotatable bonds is 5. The Balaban J connectivity index is 1.62. The van der Waals surface area contributed by atoms with Crippen LogP contribution in [0.2, 0.25) is 0 Å². The zero-order valence-corrected chi connectivity index (χ0v) is 18.3. The molecule has 9 heteroatoms. The van der Waals surface area contributed by atoms with E-state index in [9.17, 15) is 9.59 Å². The van der Waals surface area contributed by atoms with Crippen molar-refractivity contribution in [3.63, 3.8) is 0 Å². The fourth-order valence-corrected chi connectivity index (χ4v) is 4.14. The van der Waals surface area contributed by atoms with E-state index >= 15 is 0 Å². The number of carbonyl (C=O) groups is 2. The van der Waals surface area contributed by atoms with Crippen molar-refractivity contribution in [3.8, 4) is 28.5 Å². The van der Waals surface area contributed by atoms with Crippen molar-refractivity contribution < 1.29 is 23.8 Å². The molecular weight excluding hydrogens is 418 g/mol. The van der Waals surface area contributed by atoms with Crippen molar-refractivity contribution in [2.75, 3.05) is 24.9 Å². The summed E-state index contributed by atoms with van der Waals surface area (Å²) in [5, 5.41) is 6.11. The molecule has 2 N–H and O–H groups in total. The zero-order valence-electron chi connectivity index (χ0n) is 17.4. The Morgan fingerprint density at radius 2 is 1.90 bits per heavy atom. The minimum atomic E-state index is -0.534. The fraction of sp³-hybridized carbons (Fsp3) is 0.227. The number of nitrogens with one attached hydrogen (secondary N) is 2. The highest BCUT2D eigenvalue weighted by molar-refractivity contribution is 7.16.